The van der Waals surface area contributed by atoms with Crippen LogP contribution >= 0.6 is 0 Å². The molecule has 3 aromatic carbocycles. The van der Waals surface area contributed by atoms with E-state index < -0.39 is 22.0 Å². The zero-order valence-corrected chi connectivity index (χ0v) is 18.7. The molecule has 0 aliphatic carbocycles. The maximum Gasteiger partial charge on any atom is 0.267 e. The second kappa shape index (κ2) is 9.79. The fourth-order valence-electron chi connectivity index (χ4n) is 3.51. The first kappa shape index (κ1) is 22.4. The van der Waals surface area contributed by atoms with Crippen LogP contribution in [0.1, 0.15) is 5.56 Å². The van der Waals surface area contributed by atoms with E-state index in [0.29, 0.717) is 35.0 Å². The van der Waals surface area contributed by atoms with Gasteiger partial charge in [0.25, 0.3) is 5.91 Å². The number of sulfonamides is 1. The van der Waals surface area contributed by atoms with Gasteiger partial charge in [-0.3, -0.25) is 9.10 Å². The lowest BCUT2D eigenvalue weighted by Gasteiger charge is -2.34. The van der Waals surface area contributed by atoms with E-state index in [4.69, 9.17) is 9.47 Å². The predicted molar refractivity (Wildman–Crippen MR) is 128 cm³/mol. The van der Waals surface area contributed by atoms with Crippen LogP contribution in [0.25, 0.3) is 0 Å². The molecule has 8 heteroatoms. The summed E-state index contributed by atoms with van der Waals surface area (Å²) in [6.07, 6.45) is 0.603. The molecule has 1 amide bonds. The van der Waals surface area contributed by atoms with E-state index in [1.807, 2.05) is 6.07 Å². The first-order chi connectivity index (χ1) is 16.0. The van der Waals surface area contributed by atoms with Crippen LogP contribution in [0.5, 0.6) is 11.5 Å². The first-order valence-corrected chi connectivity index (χ1v) is 12.0. The van der Waals surface area contributed by atoms with Crippen LogP contribution in [0.3, 0.4) is 0 Å². The Morgan fingerprint density at radius 1 is 1.09 bits per heavy atom. The number of benzene rings is 3. The predicted octanol–water partition coefficient (Wildman–Crippen LogP) is 3.99. The van der Waals surface area contributed by atoms with Crippen LogP contribution in [0.4, 0.5) is 11.4 Å². The molecule has 0 radical (unpaired) electrons. The zero-order valence-electron chi connectivity index (χ0n) is 17.9. The second-order valence-corrected chi connectivity index (χ2v) is 9.36. The molecule has 0 fully saturated rings. The molecule has 33 heavy (non-hydrogen) atoms. The molecule has 1 unspecified atom stereocenters. The van der Waals surface area contributed by atoms with Crippen molar-refractivity contribution in [3.05, 3.63) is 97.1 Å². The van der Waals surface area contributed by atoms with E-state index in [1.54, 1.807) is 78.9 Å². The van der Waals surface area contributed by atoms with Crippen molar-refractivity contribution in [3.63, 3.8) is 0 Å². The van der Waals surface area contributed by atoms with Crippen LogP contribution in [-0.2, 0) is 20.6 Å². The van der Waals surface area contributed by atoms with E-state index >= 15 is 0 Å². The van der Waals surface area contributed by atoms with Crippen molar-refractivity contribution in [2.24, 2.45) is 0 Å². The van der Waals surface area contributed by atoms with Gasteiger partial charge in [-0.1, -0.05) is 61.2 Å². The highest BCUT2D eigenvalue weighted by molar-refractivity contribution is 7.92. The van der Waals surface area contributed by atoms with Crippen molar-refractivity contribution in [1.82, 2.24) is 0 Å². The van der Waals surface area contributed by atoms with E-state index in [9.17, 15) is 13.2 Å². The Hall–Kier alpha value is -3.78. The largest absolute Gasteiger partial charge is 0.489 e. The van der Waals surface area contributed by atoms with E-state index in [-0.39, 0.29) is 12.3 Å². The van der Waals surface area contributed by atoms with Crippen LogP contribution in [0.15, 0.2) is 91.5 Å². The van der Waals surface area contributed by atoms with Crippen LogP contribution in [-0.4, -0.2) is 33.6 Å². The van der Waals surface area contributed by atoms with Gasteiger partial charge in [-0.15, -0.1) is 0 Å². The Morgan fingerprint density at radius 2 is 1.85 bits per heavy atom. The molecular weight excluding hydrogens is 440 g/mol. The minimum atomic E-state index is -3.76. The normalized spacial score (nSPS) is 15.2. The Bertz CT molecular complexity index is 1240. The summed E-state index contributed by atoms with van der Waals surface area (Å²) in [7, 11) is -3.76. The Kier molecular flexibility index (Phi) is 6.65. The summed E-state index contributed by atoms with van der Waals surface area (Å²) in [5, 5.41) is 2.79. The molecule has 7 nitrogen and oxygen atoms in total. The van der Waals surface area contributed by atoms with Crippen LogP contribution < -0.4 is 19.1 Å². The average molecular weight is 465 g/mol. The third kappa shape index (κ3) is 5.35. The van der Waals surface area contributed by atoms with Gasteiger partial charge in [-0.05, 0) is 29.8 Å². The lowest BCUT2D eigenvalue weighted by atomic mass is 10.2. The molecule has 1 N–H and O–H groups in total. The lowest BCUT2D eigenvalue weighted by molar-refractivity contribution is -0.122. The first-order valence-electron chi connectivity index (χ1n) is 10.4. The molecule has 0 spiro atoms. The molecule has 0 saturated carbocycles. The van der Waals surface area contributed by atoms with Crippen molar-refractivity contribution < 1.29 is 22.7 Å². The van der Waals surface area contributed by atoms with Gasteiger partial charge in [-0.25, -0.2) is 8.42 Å². The standard InChI is InChI=1S/C25H24N2O5S/c1-2-15-31-21-12-8-11-20(16-21)26-25(28)24-17-27(22-13-6-7-14-23(22)32-24)33(29,30)18-19-9-4-3-5-10-19/h2-14,16,24H,1,15,17-18H2,(H,26,28). The zero-order chi connectivity index (χ0) is 23.3. The molecule has 170 valence electrons. The number of hydrogen-bond donors (Lipinski definition) is 1. The molecule has 0 saturated heterocycles. The third-order valence-electron chi connectivity index (χ3n) is 5.02. The average Bonchev–Trinajstić information content (AvgIpc) is 2.82. The number of amides is 1. The summed E-state index contributed by atoms with van der Waals surface area (Å²) < 4.78 is 39.2. The minimum absolute atomic E-state index is 0.134. The number of carbonyl (C=O) groups is 1. The third-order valence-corrected chi connectivity index (χ3v) is 6.74. The summed E-state index contributed by atoms with van der Waals surface area (Å²) in [4.78, 5) is 13.0. The second-order valence-electron chi connectivity index (χ2n) is 7.46. The Morgan fingerprint density at radius 3 is 2.64 bits per heavy atom. The summed E-state index contributed by atoms with van der Waals surface area (Å²) in [5.74, 6) is 0.280. The van der Waals surface area contributed by atoms with Gasteiger partial charge in [0.2, 0.25) is 10.0 Å². The molecule has 4 rings (SSSR count). The summed E-state index contributed by atoms with van der Waals surface area (Å²) in [5.41, 5.74) is 1.60. The van der Waals surface area contributed by atoms with Crippen molar-refractivity contribution >= 4 is 27.3 Å². The Labute approximate surface area is 193 Å². The SMILES string of the molecule is C=CCOc1cccc(NC(=O)C2CN(S(=O)(=O)Cc3ccccc3)c3ccccc3O2)c1. The molecule has 3 aromatic rings. The Balaban J connectivity index is 1.56. The number of fused-ring (bicyclic) bond motifs is 1. The molecule has 1 aliphatic rings. The number of ether oxygens (including phenoxy) is 2. The van der Waals surface area contributed by atoms with Gasteiger partial charge < -0.3 is 14.8 Å². The number of nitrogens with zero attached hydrogens (tertiary/aromatic N) is 1. The smallest absolute Gasteiger partial charge is 0.267 e. The van der Waals surface area contributed by atoms with Crippen LogP contribution in [0.2, 0.25) is 0 Å². The number of nitrogens with one attached hydrogen (secondary N) is 1. The highest BCUT2D eigenvalue weighted by atomic mass is 32.2. The van der Waals surface area contributed by atoms with Gasteiger partial charge in [-0.2, -0.15) is 0 Å². The number of anilines is 2. The molecule has 1 heterocycles. The maximum atomic E-state index is 13.3. The van der Waals surface area contributed by atoms with Gasteiger partial charge >= 0.3 is 0 Å². The van der Waals surface area contributed by atoms with E-state index in [1.165, 1.54) is 4.31 Å². The minimum Gasteiger partial charge on any atom is -0.489 e. The summed E-state index contributed by atoms with van der Waals surface area (Å²) in [6, 6.07) is 22.7. The number of carbonyl (C=O) groups excluding carboxylic acids is 1. The molecular formula is C25H24N2O5S. The molecule has 0 aromatic heterocycles. The lowest BCUT2D eigenvalue weighted by Crippen LogP contribution is -2.49. The quantitative estimate of drug-likeness (QED) is 0.510. The van der Waals surface area contributed by atoms with Crippen molar-refractivity contribution in [2.75, 3.05) is 22.8 Å². The van der Waals surface area contributed by atoms with Gasteiger partial charge in [0, 0.05) is 11.8 Å². The highest BCUT2D eigenvalue weighted by Gasteiger charge is 2.36. The highest BCUT2D eigenvalue weighted by Crippen LogP contribution is 2.36. The van der Waals surface area contributed by atoms with Gasteiger partial charge in [0.05, 0.1) is 18.0 Å². The topological polar surface area (TPSA) is 84.9 Å². The van der Waals surface area contributed by atoms with Gasteiger partial charge in [0.15, 0.2) is 6.10 Å². The maximum absolute atomic E-state index is 13.3. The summed E-state index contributed by atoms with van der Waals surface area (Å²) in [6.45, 7) is 3.82. The molecule has 1 aliphatic heterocycles. The van der Waals surface area contributed by atoms with Crippen LogP contribution in [0, 0.1) is 0 Å². The van der Waals surface area contributed by atoms with Gasteiger partial charge in [0.1, 0.15) is 18.1 Å². The number of rotatable bonds is 8. The van der Waals surface area contributed by atoms with Crippen molar-refractivity contribution in [1.29, 1.82) is 0 Å². The van der Waals surface area contributed by atoms with Crippen molar-refractivity contribution in [2.45, 2.75) is 11.9 Å². The fourth-order valence-corrected chi connectivity index (χ4v) is 5.09. The van der Waals surface area contributed by atoms with E-state index in [0.717, 1.165) is 0 Å². The fraction of sp³-hybridized carbons (Fsp3) is 0.160. The number of hydrogen-bond acceptors (Lipinski definition) is 5. The number of para-hydroxylation sites is 2. The molecule has 0 bridgehead atoms. The summed E-state index contributed by atoms with van der Waals surface area (Å²) >= 11 is 0. The molecule has 1 atom stereocenters. The van der Waals surface area contributed by atoms with Crippen molar-refractivity contribution in [3.8, 4) is 11.5 Å². The monoisotopic (exact) mass is 464 g/mol. The van der Waals surface area contributed by atoms with E-state index in [2.05, 4.69) is 11.9 Å².